The number of benzene rings is 2. The molecule has 1 aliphatic heterocycles. The van der Waals surface area contributed by atoms with E-state index in [1.54, 1.807) is 38.3 Å². The van der Waals surface area contributed by atoms with Gasteiger partial charge in [-0.1, -0.05) is 0 Å². The fourth-order valence-electron chi connectivity index (χ4n) is 2.64. The number of thioether (sulfide) groups is 1. The van der Waals surface area contributed by atoms with Gasteiger partial charge in [0.05, 0.1) is 19.1 Å². The summed E-state index contributed by atoms with van der Waals surface area (Å²) in [5, 5.41) is 0.325. The Labute approximate surface area is 165 Å². The van der Waals surface area contributed by atoms with Crippen LogP contribution < -0.4 is 9.47 Å². The van der Waals surface area contributed by atoms with E-state index in [2.05, 4.69) is 4.99 Å². The minimum atomic E-state index is -0.788. The molecule has 0 aliphatic carbocycles. The highest BCUT2D eigenvalue weighted by molar-refractivity contribution is 8.18. The highest BCUT2D eigenvalue weighted by Gasteiger charge is 2.32. The Hall–Kier alpha value is -2.87. The highest BCUT2D eigenvalue weighted by atomic mass is 32.2. The number of nitrogens with zero attached hydrogens (tertiary/aromatic N) is 2. The smallest absolute Gasteiger partial charge is 0.266 e. The Bertz CT molecular complexity index is 976. The van der Waals surface area contributed by atoms with Crippen molar-refractivity contribution in [3.05, 3.63) is 58.5 Å². The van der Waals surface area contributed by atoms with E-state index in [0.717, 1.165) is 23.9 Å². The van der Waals surface area contributed by atoms with Gasteiger partial charge in [-0.2, -0.15) is 0 Å². The lowest BCUT2D eigenvalue weighted by atomic mass is 10.1. The molecule has 0 aromatic heterocycles. The van der Waals surface area contributed by atoms with Gasteiger partial charge in [-0.3, -0.25) is 9.69 Å². The van der Waals surface area contributed by atoms with E-state index >= 15 is 0 Å². The predicted molar refractivity (Wildman–Crippen MR) is 106 cm³/mol. The van der Waals surface area contributed by atoms with Crippen LogP contribution in [0.5, 0.6) is 11.5 Å². The number of hydrogen-bond acceptors (Lipinski definition) is 5. The zero-order valence-electron chi connectivity index (χ0n) is 15.5. The van der Waals surface area contributed by atoms with Gasteiger partial charge < -0.3 is 9.47 Å². The number of halogens is 2. The van der Waals surface area contributed by atoms with Crippen LogP contribution in [0.15, 0.2) is 46.3 Å². The first kappa shape index (κ1) is 19.9. The van der Waals surface area contributed by atoms with Gasteiger partial charge in [0.1, 0.15) is 23.0 Å². The molecule has 28 heavy (non-hydrogen) atoms. The van der Waals surface area contributed by atoms with Gasteiger partial charge in [0.15, 0.2) is 11.0 Å². The number of rotatable bonds is 5. The lowest BCUT2D eigenvalue weighted by Crippen LogP contribution is -2.28. The van der Waals surface area contributed by atoms with Crippen molar-refractivity contribution in [3.8, 4) is 11.5 Å². The Balaban J connectivity index is 2.00. The Morgan fingerprint density at radius 2 is 1.93 bits per heavy atom. The molecule has 1 amide bonds. The van der Waals surface area contributed by atoms with Crippen LogP contribution in [-0.4, -0.2) is 36.7 Å². The van der Waals surface area contributed by atoms with E-state index in [-0.39, 0.29) is 11.6 Å². The molecule has 3 rings (SSSR count). The van der Waals surface area contributed by atoms with Crippen molar-refractivity contribution in [1.29, 1.82) is 0 Å². The number of amides is 1. The van der Waals surface area contributed by atoms with Crippen LogP contribution in [0.1, 0.15) is 12.5 Å². The molecule has 0 radical (unpaired) electrons. The maximum atomic E-state index is 14.0. The van der Waals surface area contributed by atoms with Crippen molar-refractivity contribution in [3.63, 3.8) is 0 Å². The van der Waals surface area contributed by atoms with Crippen molar-refractivity contribution in [2.24, 2.45) is 4.99 Å². The molecule has 2 aromatic rings. The summed E-state index contributed by atoms with van der Waals surface area (Å²) in [6.45, 7) is 2.16. The number of methoxy groups -OCH3 is 2. The molecule has 0 unspecified atom stereocenters. The average molecular weight is 404 g/mol. The number of hydrogen-bond donors (Lipinski definition) is 0. The molecule has 5 nitrogen and oxygen atoms in total. The van der Waals surface area contributed by atoms with E-state index in [1.165, 1.54) is 18.1 Å². The Morgan fingerprint density at radius 1 is 1.14 bits per heavy atom. The van der Waals surface area contributed by atoms with Crippen LogP contribution in [0.2, 0.25) is 0 Å². The maximum absolute atomic E-state index is 14.0. The van der Waals surface area contributed by atoms with E-state index in [0.29, 0.717) is 33.7 Å². The number of carbonyl (C=O) groups excluding carboxylic acids is 1. The fourth-order valence-corrected chi connectivity index (χ4v) is 3.68. The minimum Gasteiger partial charge on any atom is -0.497 e. The summed E-state index contributed by atoms with van der Waals surface area (Å²) in [4.78, 5) is 18.8. The maximum Gasteiger partial charge on any atom is 0.266 e. The molecule has 1 saturated heterocycles. The number of aliphatic imine (C=N–C) groups is 1. The first-order valence-electron chi connectivity index (χ1n) is 8.44. The molecule has 0 atom stereocenters. The highest BCUT2D eigenvalue weighted by Crippen LogP contribution is 2.36. The van der Waals surface area contributed by atoms with Gasteiger partial charge in [0, 0.05) is 18.2 Å². The summed E-state index contributed by atoms with van der Waals surface area (Å²) in [6, 6.07) is 8.38. The Morgan fingerprint density at radius 3 is 2.57 bits per heavy atom. The van der Waals surface area contributed by atoms with Crippen LogP contribution >= 0.6 is 11.8 Å². The van der Waals surface area contributed by atoms with Crippen LogP contribution in [0.4, 0.5) is 14.5 Å². The van der Waals surface area contributed by atoms with Crippen molar-refractivity contribution in [2.45, 2.75) is 6.92 Å². The standard InChI is InChI=1S/C20H18F2N2O3S/c1-4-24-19(25)18(10-12-9-14(26-2)6-8-17(12)27-3)28-20(24)23-16-7-5-13(21)11-15(16)22/h5-11H,4H2,1-3H3/b18-10+,23-20?. The largest absolute Gasteiger partial charge is 0.497 e. The number of amidine groups is 1. The zero-order valence-corrected chi connectivity index (χ0v) is 16.3. The summed E-state index contributed by atoms with van der Waals surface area (Å²) in [5.74, 6) is -0.519. The third-order valence-electron chi connectivity index (χ3n) is 4.05. The van der Waals surface area contributed by atoms with Crippen molar-refractivity contribution < 1.29 is 23.0 Å². The number of ether oxygens (including phenoxy) is 2. The monoisotopic (exact) mass is 404 g/mol. The molecule has 1 fully saturated rings. The van der Waals surface area contributed by atoms with Crippen molar-refractivity contribution in [1.82, 2.24) is 4.90 Å². The summed E-state index contributed by atoms with van der Waals surface area (Å²) in [7, 11) is 3.09. The second kappa shape index (κ2) is 8.43. The van der Waals surface area contributed by atoms with Gasteiger partial charge in [-0.15, -0.1) is 0 Å². The van der Waals surface area contributed by atoms with Crippen LogP contribution in [0.25, 0.3) is 6.08 Å². The van der Waals surface area contributed by atoms with E-state index in [1.807, 2.05) is 0 Å². The van der Waals surface area contributed by atoms with E-state index < -0.39 is 11.6 Å². The number of carbonyl (C=O) groups is 1. The molecule has 1 aliphatic rings. The summed E-state index contributed by atoms with van der Waals surface area (Å²) >= 11 is 1.12. The van der Waals surface area contributed by atoms with Crippen LogP contribution in [0, 0.1) is 11.6 Å². The molecule has 146 valence electrons. The van der Waals surface area contributed by atoms with Gasteiger partial charge in [0.25, 0.3) is 5.91 Å². The molecule has 8 heteroatoms. The lowest BCUT2D eigenvalue weighted by Gasteiger charge is -2.12. The Kier molecular flexibility index (Phi) is 5.99. The molecule has 1 heterocycles. The van der Waals surface area contributed by atoms with Gasteiger partial charge in [-0.05, 0) is 55.1 Å². The average Bonchev–Trinajstić information content (AvgIpc) is 2.98. The topological polar surface area (TPSA) is 51.1 Å². The third kappa shape index (κ3) is 4.01. The second-order valence-electron chi connectivity index (χ2n) is 5.76. The molecule has 2 aromatic carbocycles. The first-order valence-corrected chi connectivity index (χ1v) is 9.25. The summed E-state index contributed by atoms with van der Waals surface area (Å²) < 4.78 is 37.6. The van der Waals surface area contributed by atoms with Crippen LogP contribution in [-0.2, 0) is 4.79 Å². The van der Waals surface area contributed by atoms with Crippen molar-refractivity contribution >= 4 is 34.6 Å². The summed E-state index contributed by atoms with van der Waals surface area (Å²) in [5.41, 5.74) is 0.637. The SMILES string of the molecule is CCN1C(=O)/C(=C\c2cc(OC)ccc2OC)SC1=Nc1ccc(F)cc1F. The number of likely N-dealkylation sites (N-methyl/N-ethyl adjacent to an activating group) is 1. The second-order valence-corrected chi connectivity index (χ2v) is 6.77. The molecule has 0 N–H and O–H groups in total. The van der Waals surface area contributed by atoms with Crippen LogP contribution in [0.3, 0.4) is 0 Å². The van der Waals surface area contributed by atoms with Gasteiger partial charge in [0.2, 0.25) is 0 Å². The quantitative estimate of drug-likeness (QED) is 0.683. The zero-order chi connectivity index (χ0) is 20.3. The molecule has 0 bridgehead atoms. The molecular weight excluding hydrogens is 386 g/mol. The fraction of sp³-hybridized carbons (Fsp3) is 0.200. The summed E-state index contributed by atoms with van der Waals surface area (Å²) in [6.07, 6.45) is 1.68. The van der Waals surface area contributed by atoms with E-state index in [4.69, 9.17) is 9.47 Å². The molecular formula is C20H18F2N2O3S. The lowest BCUT2D eigenvalue weighted by molar-refractivity contribution is -0.122. The predicted octanol–water partition coefficient (Wildman–Crippen LogP) is 4.61. The van der Waals surface area contributed by atoms with Crippen molar-refractivity contribution in [2.75, 3.05) is 20.8 Å². The normalized spacial score (nSPS) is 16.9. The first-order chi connectivity index (χ1) is 13.5. The minimum absolute atomic E-state index is 0.0321. The van der Waals surface area contributed by atoms with E-state index in [9.17, 15) is 13.6 Å². The van der Waals surface area contributed by atoms with Gasteiger partial charge in [-0.25, -0.2) is 13.8 Å². The molecule has 0 saturated carbocycles. The third-order valence-corrected chi connectivity index (χ3v) is 5.06. The van der Waals surface area contributed by atoms with Gasteiger partial charge >= 0.3 is 0 Å². The molecule has 0 spiro atoms.